The summed E-state index contributed by atoms with van der Waals surface area (Å²) < 4.78 is 5.15. The first kappa shape index (κ1) is 12.0. The lowest BCUT2D eigenvalue weighted by Gasteiger charge is -2.07. The van der Waals surface area contributed by atoms with Gasteiger partial charge in [-0.2, -0.15) is 0 Å². The Balaban J connectivity index is 2.77. The van der Waals surface area contributed by atoms with Crippen LogP contribution in [0.15, 0.2) is 18.2 Å². The van der Waals surface area contributed by atoms with Crippen molar-refractivity contribution in [1.29, 1.82) is 0 Å². The molecule has 0 aliphatic heterocycles. The molecule has 0 atom stereocenters. The minimum atomic E-state index is -0.969. The number of nitro benzene ring substituents is 1. The van der Waals surface area contributed by atoms with E-state index in [1.807, 2.05) is 0 Å². The van der Waals surface area contributed by atoms with Gasteiger partial charge in [-0.15, -0.1) is 0 Å². The predicted octanol–water partition coefficient (Wildman–Crippen LogP) is 1.76. The lowest BCUT2D eigenvalue weighted by molar-refractivity contribution is -0.385. The number of nitrogens with zero attached hydrogens (tertiary/aromatic N) is 1. The van der Waals surface area contributed by atoms with Crippen LogP contribution < -0.4 is 4.74 Å². The van der Waals surface area contributed by atoms with Crippen molar-refractivity contribution in [1.82, 2.24) is 0 Å². The van der Waals surface area contributed by atoms with E-state index in [0.717, 1.165) is 0 Å². The normalized spacial score (nSPS) is 9.81. The number of nitro groups is 1. The first-order chi connectivity index (χ1) is 7.52. The van der Waals surface area contributed by atoms with E-state index < -0.39 is 10.9 Å². The van der Waals surface area contributed by atoms with Gasteiger partial charge in [0.15, 0.2) is 0 Å². The van der Waals surface area contributed by atoms with Gasteiger partial charge in [0.1, 0.15) is 5.75 Å². The fourth-order valence-electron chi connectivity index (χ4n) is 1.21. The Bertz CT molecular complexity index is 416. The molecule has 0 aromatic heterocycles. The predicted molar refractivity (Wildman–Crippen MR) is 55.6 cm³/mol. The molecular formula is C10H11NO5. The summed E-state index contributed by atoms with van der Waals surface area (Å²) in [6, 6.07) is 4.45. The quantitative estimate of drug-likeness (QED) is 0.609. The van der Waals surface area contributed by atoms with E-state index in [1.54, 1.807) is 13.0 Å². The fraction of sp³-hybridized carbons (Fsp3) is 0.300. The summed E-state index contributed by atoms with van der Waals surface area (Å²) in [6.07, 6.45) is -0.137. The molecule has 0 saturated heterocycles. The molecule has 1 N–H and O–H groups in total. The van der Waals surface area contributed by atoms with Crippen LogP contribution in [0.5, 0.6) is 5.75 Å². The van der Waals surface area contributed by atoms with Gasteiger partial charge < -0.3 is 9.84 Å². The average molecular weight is 225 g/mol. The zero-order chi connectivity index (χ0) is 12.1. The van der Waals surface area contributed by atoms with Crippen molar-refractivity contribution in [3.05, 3.63) is 33.9 Å². The first-order valence-corrected chi connectivity index (χ1v) is 4.61. The van der Waals surface area contributed by atoms with Crippen LogP contribution in [-0.4, -0.2) is 22.6 Å². The van der Waals surface area contributed by atoms with Crippen LogP contribution in [0.25, 0.3) is 0 Å². The number of carboxylic acids is 1. The second-order valence-electron chi connectivity index (χ2n) is 3.15. The van der Waals surface area contributed by atoms with E-state index in [0.29, 0.717) is 11.3 Å². The van der Waals surface area contributed by atoms with Gasteiger partial charge in [0.05, 0.1) is 23.5 Å². The molecule has 0 amide bonds. The topological polar surface area (TPSA) is 89.7 Å². The third-order valence-corrected chi connectivity index (χ3v) is 2.03. The average Bonchev–Trinajstić information content (AvgIpc) is 2.19. The summed E-state index contributed by atoms with van der Waals surface area (Å²) in [5.74, 6) is -0.626. The van der Waals surface area contributed by atoms with E-state index in [9.17, 15) is 14.9 Å². The van der Waals surface area contributed by atoms with Crippen LogP contribution in [0.4, 0.5) is 5.69 Å². The molecule has 0 bridgehead atoms. The van der Waals surface area contributed by atoms with E-state index >= 15 is 0 Å². The van der Waals surface area contributed by atoms with Gasteiger partial charge in [-0.3, -0.25) is 14.9 Å². The molecular weight excluding hydrogens is 214 g/mol. The molecule has 1 rings (SSSR count). The molecule has 0 radical (unpaired) electrons. The van der Waals surface area contributed by atoms with Crippen molar-refractivity contribution in [2.24, 2.45) is 0 Å². The highest BCUT2D eigenvalue weighted by Crippen LogP contribution is 2.26. The molecule has 6 nitrogen and oxygen atoms in total. The van der Waals surface area contributed by atoms with Gasteiger partial charge in [-0.05, 0) is 13.0 Å². The highest BCUT2D eigenvalue weighted by atomic mass is 16.6. The number of benzene rings is 1. The Morgan fingerprint density at radius 1 is 1.56 bits per heavy atom. The molecule has 0 saturated carbocycles. The Labute approximate surface area is 91.6 Å². The van der Waals surface area contributed by atoms with Crippen LogP contribution in [0.1, 0.15) is 12.0 Å². The summed E-state index contributed by atoms with van der Waals surface area (Å²) in [7, 11) is 0. The molecule has 0 aliphatic carbocycles. The smallest absolute Gasteiger partial charge is 0.306 e. The zero-order valence-electron chi connectivity index (χ0n) is 8.67. The number of carboxylic acid groups (broad SMARTS) is 1. The van der Waals surface area contributed by atoms with Crippen LogP contribution in [0, 0.1) is 17.0 Å². The van der Waals surface area contributed by atoms with Gasteiger partial charge in [-0.1, -0.05) is 6.07 Å². The lowest BCUT2D eigenvalue weighted by atomic mass is 10.2. The highest BCUT2D eigenvalue weighted by molar-refractivity contribution is 5.66. The van der Waals surface area contributed by atoms with E-state index in [-0.39, 0.29) is 18.7 Å². The molecule has 0 spiro atoms. The van der Waals surface area contributed by atoms with Crippen molar-refractivity contribution < 1.29 is 19.6 Å². The summed E-state index contributed by atoms with van der Waals surface area (Å²) in [5.41, 5.74) is 0.366. The molecule has 6 heteroatoms. The summed E-state index contributed by atoms with van der Waals surface area (Å²) >= 11 is 0. The van der Waals surface area contributed by atoms with Crippen molar-refractivity contribution in [2.45, 2.75) is 13.3 Å². The van der Waals surface area contributed by atoms with Crippen LogP contribution in [0.3, 0.4) is 0 Å². The van der Waals surface area contributed by atoms with Crippen molar-refractivity contribution >= 4 is 11.7 Å². The maximum absolute atomic E-state index is 10.6. The number of rotatable bonds is 5. The zero-order valence-corrected chi connectivity index (χ0v) is 8.67. The number of aliphatic carboxylic acids is 1. The molecule has 1 aromatic rings. The van der Waals surface area contributed by atoms with Gasteiger partial charge in [-0.25, -0.2) is 0 Å². The number of ether oxygens (including phenoxy) is 1. The molecule has 0 fully saturated rings. The number of hydrogen-bond acceptors (Lipinski definition) is 4. The van der Waals surface area contributed by atoms with Crippen molar-refractivity contribution in [3.63, 3.8) is 0 Å². The molecule has 0 unspecified atom stereocenters. The largest absolute Gasteiger partial charge is 0.492 e. The number of carbonyl (C=O) groups is 1. The van der Waals surface area contributed by atoms with Gasteiger partial charge in [0.25, 0.3) is 5.69 Å². The summed E-state index contributed by atoms with van der Waals surface area (Å²) in [6.45, 7) is 1.56. The molecule has 0 heterocycles. The van der Waals surface area contributed by atoms with E-state index in [1.165, 1.54) is 12.1 Å². The highest BCUT2D eigenvalue weighted by Gasteiger charge is 2.14. The molecule has 1 aromatic carbocycles. The first-order valence-electron chi connectivity index (χ1n) is 4.61. The molecule has 16 heavy (non-hydrogen) atoms. The maximum Gasteiger partial charge on any atom is 0.306 e. The van der Waals surface area contributed by atoms with Gasteiger partial charge in [0.2, 0.25) is 0 Å². The Morgan fingerprint density at radius 3 is 2.81 bits per heavy atom. The summed E-state index contributed by atoms with van der Waals surface area (Å²) in [5, 5.41) is 19.0. The second-order valence-corrected chi connectivity index (χ2v) is 3.15. The van der Waals surface area contributed by atoms with Crippen molar-refractivity contribution in [2.75, 3.05) is 6.61 Å². The van der Waals surface area contributed by atoms with Crippen LogP contribution in [-0.2, 0) is 4.79 Å². The van der Waals surface area contributed by atoms with Crippen LogP contribution >= 0.6 is 0 Å². The standard InChI is InChI=1S/C10H11NO5/c1-7-8(11(14)15)3-2-4-9(7)16-6-5-10(12)13/h2-4H,5-6H2,1H3,(H,12,13). The maximum atomic E-state index is 10.6. The van der Waals surface area contributed by atoms with Crippen LogP contribution in [0.2, 0.25) is 0 Å². The Kier molecular flexibility index (Phi) is 3.82. The monoisotopic (exact) mass is 225 g/mol. The SMILES string of the molecule is Cc1c(OCCC(=O)O)cccc1[N+](=O)[O-]. The Hall–Kier alpha value is -2.11. The second kappa shape index (κ2) is 5.11. The molecule has 0 aliphatic rings. The van der Waals surface area contributed by atoms with E-state index in [2.05, 4.69) is 0 Å². The van der Waals surface area contributed by atoms with Crippen molar-refractivity contribution in [3.8, 4) is 5.75 Å². The van der Waals surface area contributed by atoms with Gasteiger partial charge in [0, 0.05) is 6.07 Å². The minimum absolute atomic E-state index is 0.00264. The summed E-state index contributed by atoms with van der Waals surface area (Å²) in [4.78, 5) is 20.4. The Morgan fingerprint density at radius 2 is 2.25 bits per heavy atom. The van der Waals surface area contributed by atoms with E-state index in [4.69, 9.17) is 9.84 Å². The fourth-order valence-corrected chi connectivity index (χ4v) is 1.21. The number of hydrogen-bond donors (Lipinski definition) is 1. The van der Waals surface area contributed by atoms with Gasteiger partial charge >= 0.3 is 5.97 Å². The third kappa shape index (κ3) is 2.94. The third-order valence-electron chi connectivity index (χ3n) is 2.03. The molecule has 86 valence electrons. The minimum Gasteiger partial charge on any atom is -0.492 e. The lowest BCUT2D eigenvalue weighted by Crippen LogP contribution is -2.06.